The highest BCUT2D eigenvalue weighted by Crippen LogP contribution is 2.17. The minimum absolute atomic E-state index is 0.0115. The van der Waals surface area contributed by atoms with Gasteiger partial charge in [0.15, 0.2) is 0 Å². The van der Waals surface area contributed by atoms with Gasteiger partial charge in [0.25, 0.3) is 5.91 Å². The second-order valence-corrected chi connectivity index (χ2v) is 3.51. The van der Waals surface area contributed by atoms with Gasteiger partial charge in [-0.1, -0.05) is 19.1 Å². The Kier molecular flexibility index (Phi) is 4.79. The number of benzene rings is 1. The van der Waals surface area contributed by atoms with Crippen LogP contribution in [0, 0.1) is 0 Å². The number of para-hydroxylation sites is 1. The van der Waals surface area contributed by atoms with Crippen LogP contribution in [0.15, 0.2) is 24.3 Å². The maximum atomic E-state index is 11.9. The molecule has 1 atom stereocenters. The lowest BCUT2D eigenvalue weighted by molar-refractivity contribution is 0.0934. The Bertz CT molecular complexity index is 349. The van der Waals surface area contributed by atoms with Crippen LogP contribution in [0.4, 0.5) is 0 Å². The quantitative estimate of drug-likeness (QED) is 0.785. The molecule has 0 fully saturated rings. The molecule has 1 rings (SSSR count). The summed E-state index contributed by atoms with van der Waals surface area (Å²) >= 11 is 0. The molecule has 0 aliphatic rings. The molecular weight excluding hydrogens is 204 g/mol. The van der Waals surface area contributed by atoms with Crippen molar-refractivity contribution in [1.29, 1.82) is 0 Å². The highest BCUT2D eigenvalue weighted by molar-refractivity contribution is 5.97. The van der Waals surface area contributed by atoms with E-state index in [0.29, 0.717) is 17.9 Å². The van der Waals surface area contributed by atoms with E-state index in [-0.39, 0.29) is 11.9 Å². The predicted octanol–water partition coefficient (Wildman–Crippen LogP) is 1.16. The van der Waals surface area contributed by atoms with Gasteiger partial charge in [-0.2, -0.15) is 0 Å². The third-order valence-electron chi connectivity index (χ3n) is 2.46. The smallest absolute Gasteiger partial charge is 0.255 e. The minimum Gasteiger partial charge on any atom is -0.496 e. The van der Waals surface area contributed by atoms with E-state index in [1.165, 1.54) is 0 Å². The Morgan fingerprint density at radius 2 is 2.19 bits per heavy atom. The third kappa shape index (κ3) is 2.97. The van der Waals surface area contributed by atoms with Gasteiger partial charge in [0, 0.05) is 12.6 Å². The third-order valence-corrected chi connectivity index (χ3v) is 2.46. The van der Waals surface area contributed by atoms with Crippen molar-refractivity contribution in [3.8, 4) is 5.75 Å². The number of nitrogens with two attached hydrogens (primary N) is 1. The molecule has 0 saturated carbocycles. The van der Waals surface area contributed by atoms with Crippen molar-refractivity contribution < 1.29 is 9.53 Å². The van der Waals surface area contributed by atoms with E-state index >= 15 is 0 Å². The lowest BCUT2D eigenvalue weighted by Gasteiger charge is -2.15. The molecule has 3 N–H and O–H groups in total. The van der Waals surface area contributed by atoms with Gasteiger partial charge < -0.3 is 15.8 Å². The lowest BCUT2D eigenvalue weighted by Crippen LogP contribution is -2.39. The normalized spacial score (nSPS) is 11.9. The number of carbonyl (C=O) groups is 1. The van der Waals surface area contributed by atoms with Gasteiger partial charge in [0.05, 0.1) is 12.7 Å². The molecule has 0 aromatic heterocycles. The number of rotatable bonds is 5. The van der Waals surface area contributed by atoms with Crippen molar-refractivity contribution in [3.63, 3.8) is 0 Å². The van der Waals surface area contributed by atoms with Crippen LogP contribution >= 0.6 is 0 Å². The molecule has 0 spiro atoms. The molecular formula is C12H18N2O2. The van der Waals surface area contributed by atoms with Crippen molar-refractivity contribution >= 4 is 5.91 Å². The van der Waals surface area contributed by atoms with E-state index in [1.54, 1.807) is 25.3 Å². The molecule has 4 nitrogen and oxygen atoms in total. The van der Waals surface area contributed by atoms with Crippen LogP contribution in [-0.4, -0.2) is 25.6 Å². The summed E-state index contributed by atoms with van der Waals surface area (Å²) in [5, 5.41) is 2.86. The molecule has 1 aromatic rings. The molecule has 88 valence electrons. The van der Waals surface area contributed by atoms with Crippen LogP contribution in [0.5, 0.6) is 5.75 Å². The van der Waals surface area contributed by atoms with E-state index in [0.717, 1.165) is 6.42 Å². The number of hydrogen-bond acceptors (Lipinski definition) is 3. The molecule has 1 unspecified atom stereocenters. The van der Waals surface area contributed by atoms with Gasteiger partial charge in [0.2, 0.25) is 0 Å². The monoisotopic (exact) mass is 222 g/mol. The van der Waals surface area contributed by atoms with Gasteiger partial charge in [0.1, 0.15) is 5.75 Å². The van der Waals surface area contributed by atoms with Gasteiger partial charge in [-0.05, 0) is 18.6 Å². The van der Waals surface area contributed by atoms with Crippen molar-refractivity contribution in [1.82, 2.24) is 5.32 Å². The van der Waals surface area contributed by atoms with E-state index in [4.69, 9.17) is 10.5 Å². The first-order valence-corrected chi connectivity index (χ1v) is 5.36. The molecule has 0 heterocycles. The fraction of sp³-hybridized carbons (Fsp3) is 0.417. The Hall–Kier alpha value is -1.55. The first-order valence-electron chi connectivity index (χ1n) is 5.36. The maximum absolute atomic E-state index is 11.9. The van der Waals surface area contributed by atoms with Crippen LogP contribution in [-0.2, 0) is 0 Å². The Balaban J connectivity index is 2.79. The summed E-state index contributed by atoms with van der Waals surface area (Å²) in [5.74, 6) is 0.432. The summed E-state index contributed by atoms with van der Waals surface area (Å²) in [7, 11) is 1.55. The summed E-state index contributed by atoms with van der Waals surface area (Å²) in [6.07, 6.45) is 0.817. The van der Waals surface area contributed by atoms with E-state index < -0.39 is 0 Å². The first-order chi connectivity index (χ1) is 7.72. The Morgan fingerprint density at radius 1 is 1.50 bits per heavy atom. The highest BCUT2D eigenvalue weighted by Gasteiger charge is 2.14. The topological polar surface area (TPSA) is 64.3 Å². The molecule has 4 heteroatoms. The number of ether oxygens (including phenoxy) is 1. The minimum atomic E-state index is -0.144. The van der Waals surface area contributed by atoms with Gasteiger partial charge >= 0.3 is 0 Å². The zero-order valence-electron chi connectivity index (χ0n) is 9.69. The molecule has 0 aliphatic heterocycles. The summed E-state index contributed by atoms with van der Waals surface area (Å²) in [4.78, 5) is 11.9. The zero-order valence-corrected chi connectivity index (χ0v) is 9.69. The standard InChI is InChI=1S/C12H18N2O2/c1-3-9(8-13)14-12(15)10-6-4-5-7-11(10)16-2/h4-7,9H,3,8,13H2,1-2H3,(H,14,15). The number of methoxy groups -OCH3 is 1. The van der Waals surface area contributed by atoms with Gasteiger partial charge in [-0.25, -0.2) is 0 Å². The lowest BCUT2D eigenvalue weighted by atomic mass is 10.1. The van der Waals surface area contributed by atoms with Crippen LogP contribution < -0.4 is 15.8 Å². The molecule has 0 bridgehead atoms. The molecule has 0 saturated heterocycles. The Labute approximate surface area is 95.8 Å². The second-order valence-electron chi connectivity index (χ2n) is 3.51. The van der Waals surface area contributed by atoms with E-state index in [2.05, 4.69) is 5.32 Å². The molecule has 0 aliphatic carbocycles. The molecule has 1 amide bonds. The number of amides is 1. The molecule has 0 radical (unpaired) electrons. The highest BCUT2D eigenvalue weighted by atomic mass is 16.5. The molecule has 16 heavy (non-hydrogen) atoms. The summed E-state index contributed by atoms with van der Waals surface area (Å²) in [5.41, 5.74) is 6.07. The molecule has 1 aromatic carbocycles. The second kappa shape index (κ2) is 6.12. The largest absolute Gasteiger partial charge is 0.496 e. The fourth-order valence-corrected chi connectivity index (χ4v) is 1.42. The van der Waals surface area contributed by atoms with Gasteiger partial charge in [-0.3, -0.25) is 4.79 Å². The number of hydrogen-bond donors (Lipinski definition) is 2. The summed E-state index contributed by atoms with van der Waals surface area (Å²) in [6.45, 7) is 2.43. The van der Waals surface area contributed by atoms with Crippen LogP contribution in [0.25, 0.3) is 0 Å². The van der Waals surface area contributed by atoms with Crippen LogP contribution in [0.1, 0.15) is 23.7 Å². The van der Waals surface area contributed by atoms with Crippen molar-refractivity contribution in [2.24, 2.45) is 5.73 Å². The Morgan fingerprint density at radius 3 is 2.75 bits per heavy atom. The summed E-state index contributed by atoms with van der Waals surface area (Å²) in [6, 6.07) is 7.14. The number of nitrogens with one attached hydrogen (secondary N) is 1. The van der Waals surface area contributed by atoms with Crippen molar-refractivity contribution in [3.05, 3.63) is 29.8 Å². The average molecular weight is 222 g/mol. The first kappa shape index (κ1) is 12.5. The average Bonchev–Trinajstić information content (AvgIpc) is 2.35. The van der Waals surface area contributed by atoms with Crippen LogP contribution in [0.2, 0.25) is 0 Å². The van der Waals surface area contributed by atoms with Crippen molar-refractivity contribution in [2.75, 3.05) is 13.7 Å². The van der Waals surface area contributed by atoms with Crippen LogP contribution in [0.3, 0.4) is 0 Å². The number of carbonyl (C=O) groups excluding carboxylic acids is 1. The fourth-order valence-electron chi connectivity index (χ4n) is 1.42. The van der Waals surface area contributed by atoms with Gasteiger partial charge in [-0.15, -0.1) is 0 Å². The SMILES string of the molecule is CCC(CN)NC(=O)c1ccccc1OC. The van der Waals surface area contributed by atoms with E-state index in [9.17, 15) is 4.79 Å². The predicted molar refractivity (Wildman–Crippen MR) is 63.6 cm³/mol. The summed E-state index contributed by atoms with van der Waals surface area (Å²) < 4.78 is 5.12. The zero-order chi connectivity index (χ0) is 12.0. The van der Waals surface area contributed by atoms with E-state index in [1.807, 2.05) is 13.0 Å². The van der Waals surface area contributed by atoms with Crippen molar-refractivity contribution in [2.45, 2.75) is 19.4 Å². The maximum Gasteiger partial charge on any atom is 0.255 e.